The topological polar surface area (TPSA) is 107 Å². The van der Waals surface area contributed by atoms with Crippen LogP contribution in [0.1, 0.15) is 19.4 Å². The summed E-state index contributed by atoms with van der Waals surface area (Å²) in [5.74, 6) is -1.11. The summed E-state index contributed by atoms with van der Waals surface area (Å²) >= 11 is 6.40. The van der Waals surface area contributed by atoms with Crippen LogP contribution in [0.15, 0.2) is 40.9 Å². The smallest absolute Gasteiger partial charge is 0.323 e. The molecule has 0 aliphatic carbocycles. The number of carbonyl (C=O) groups is 1. The second-order valence-corrected chi connectivity index (χ2v) is 7.72. The SMILES string of the molecule is CC(=N)/C(=C(/C)O)c1ccc2c(=O)c3ccc(Cl)c(N(C)C)c3n(CC(=O)O)c2c1. The third-order valence-corrected chi connectivity index (χ3v) is 5.22. The number of hydrogen-bond donors (Lipinski definition) is 3. The molecule has 0 aliphatic rings. The molecule has 30 heavy (non-hydrogen) atoms. The van der Waals surface area contributed by atoms with Crippen LogP contribution in [0.5, 0.6) is 0 Å². The summed E-state index contributed by atoms with van der Waals surface area (Å²) in [6.45, 7) is 2.64. The maximum absolute atomic E-state index is 13.2. The predicted molar refractivity (Wildman–Crippen MR) is 121 cm³/mol. The number of rotatable bonds is 5. The van der Waals surface area contributed by atoms with Crippen molar-refractivity contribution in [2.75, 3.05) is 19.0 Å². The summed E-state index contributed by atoms with van der Waals surface area (Å²) < 4.78 is 1.54. The van der Waals surface area contributed by atoms with Crippen molar-refractivity contribution in [3.05, 3.63) is 56.9 Å². The Hall–Kier alpha value is -3.32. The van der Waals surface area contributed by atoms with E-state index >= 15 is 0 Å². The van der Waals surface area contributed by atoms with Gasteiger partial charge in [-0.15, -0.1) is 0 Å². The lowest BCUT2D eigenvalue weighted by molar-refractivity contribution is -0.137. The molecule has 8 heteroatoms. The molecule has 0 aliphatic heterocycles. The number of aliphatic carboxylic acids is 1. The second-order valence-electron chi connectivity index (χ2n) is 7.31. The quantitative estimate of drug-likeness (QED) is 0.320. The van der Waals surface area contributed by atoms with Crippen molar-refractivity contribution in [3.63, 3.8) is 0 Å². The molecule has 1 heterocycles. The van der Waals surface area contributed by atoms with E-state index in [-0.39, 0.29) is 16.9 Å². The Bertz CT molecular complexity index is 1300. The van der Waals surface area contributed by atoms with Crippen molar-refractivity contribution in [2.24, 2.45) is 0 Å². The highest BCUT2D eigenvalue weighted by Crippen LogP contribution is 2.34. The number of carboxylic acids is 1. The lowest BCUT2D eigenvalue weighted by atomic mass is 9.98. The zero-order valence-electron chi connectivity index (χ0n) is 17.1. The number of carboxylic acid groups (broad SMARTS) is 1. The fraction of sp³-hybridized carbons (Fsp3) is 0.227. The monoisotopic (exact) mass is 427 g/mol. The predicted octanol–water partition coefficient (Wildman–Crippen LogP) is 4.29. The van der Waals surface area contributed by atoms with E-state index in [0.717, 1.165) is 0 Å². The Morgan fingerprint density at radius 2 is 1.77 bits per heavy atom. The Labute approximate surface area is 177 Å². The molecule has 7 nitrogen and oxygen atoms in total. The van der Waals surface area contributed by atoms with Gasteiger partial charge in [0.2, 0.25) is 0 Å². The van der Waals surface area contributed by atoms with Gasteiger partial charge in [0.1, 0.15) is 6.54 Å². The van der Waals surface area contributed by atoms with Crippen LogP contribution in [0.25, 0.3) is 27.4 Å². The summed E-state index contributed by atoms with van der Waals surface area (Å²) in [4.78, 5) is 26.7. The van der Waals surface area contributed by atoms with E-state index in [9.17, 15) is 19.8 Å². The largest absolute Gasteiger partial charge is 0.512 e. The molecule has 0 saturated heterocycles. The normalized spacial score (nSPS) is 12.2. The van der Waals surface area contributed by atoms with Crippen LogP contribution in [0.4, 0.5) is 5.69 Å². The molecule has 0 fully saturated rings. The standard InChI is InChI=1S/C22H22ClN3O4/c1-11(24)19(12(2)27)13-5-6-14-17(9-13)26(10-18(28)29)20-15(22(14)30)7-8-16(23)21(20)25(3)4/h5-9,24,27H,10H2,1-4H3,(H,28,29)/b19-12+,24-11?. The Morgan fingerprint density at radius 1 is 1.13 bits per heavy atom. The van der Waals surface area contributed by atoms with Gasteiger partial charge in [-0.2, -0.15) is 0 Å². The lowest BCUT2D eigenvalue weighted by Gasteiger charge is -2.22. The van der Waals surface area contributed by atoms with Gasteiger partial charge in [-0.05, 0) is 43.7 Å². The lowest BCUT2D eigenvalue weighted by Crippen LogP contribution is -2.20. The molecule has 0 amide bonds. The van der Waals surface area contributed by atoms with E-state index in [0.29, 0.717) is 43.7 Å². The first-order valence-electron chi connectivity index (χ1n) is 9.18. The van der Waals surface area contributed by atoms with Gasteiger partial charge in [0, 0.05) is 36.2 Å². The van der Waals surface area contributed by atoms with E-state index in [1.165, 1.54) is 6.92 Å². The number of fused-ring (bicyclic) bond motifs is 2. The number of allylic oxidation sites excluding steroid dienone is 2. The molecule has 156 valence electrons. The number of aliphatic hydroxyl groups is 1. The number of halogens is 1. The van der Waals surface area contributed by atoms with Crippen LogP contribution in [0.3, 0.4) is 0 Å². The summed E-state index contributed by atoms with van der Waals surface area (Å²) in [7, 11) is 3.54. The molecule has 2 aromatic carbocycles. The van der Waals surface area contributed by atoms with Crippen LogP contribution in [-0.2, 0) is 11.3 Å². The van der Waals surface area contributed by atoms with Gasteiger partial charge in [-0.1, -0.05) is 17.7 Å². The highest BCUT2D eigenvalue weighted by molar-refractivity contribution is 6.35. The van der Waals surface area contributed by atoms with Gasteiger partial charge in [-0.25, -0.2) is 0 Å². The van der Waals surface area contributed by atoms with Crippen molar-refractivity contribution in [1.29, 1.82) is 5.41 Å². The summed E-state index contributed by atoms with van der Waals surface area (Å²) in [5, 5.41) is 28.7. The fourth-order valence-corrected chi connectivity index (χ4v) is 4.12. The molecule has 3 rings (SSSR count). The van der Waals surface area contributed by atoms with E-state index in [1.807, 2.05) is 0 Å². The number of nitrogens with zero attached hydrogens (tertiary/aromatic N) is 2. The average molecular weight is 428 g/mol. The third kappa shape index (κ3) is 3.52. The summed E-state index contributed by atoms with van der Waals surface area (Å²) in [5.41, 5.74) is 2.09. The third-order valence-electron chi connectivity index (χ3n) is 4.92. The van der Waals surface area contributed by atoms with Gasteiger partial charge in [0.15, 0.2) is 5.43 Å². The molecule has 0 radical (unpaired) electrons. The van der Waals surface area contributed by atoms with E-state index in [4.69, 9.17) is 17.0 Å². The van der Waals surface area contributed by atoms with Crippen LogP contribution in [0.2, 0.25) is 5.02 Å². The van der Waals surface area contributed by atoms with Gasteiger partial charge >= 0.3 is 5.97 Å². The van der Waals surface area contributed by atoms with Crippen LogP contribution < -0.4 is 10.3 Å². The first-order chi connectivity index (χ1) is 14.0. The summed E-state index contributed by atoms with van der Waals surface area (Å²) in [6, 6.07) is 8.10. The Morgan fingerprint density at radius 3 is 2.30 bits per heavy atom. The van der Waals surface area contributed by atoms with Crippen LogP contribution in [0, 0.1) is 5.41 Å². The van der Waals surface area contributed by atoms with Crippen molar-refractivity contribution < 1.29 is 15.0 Å². The average Bonchev–Trinajstić information content (AvgIpc) is 2.63. The molecule has 0 spiro atoms. The number of aliphatic hydroxyl groups excluding tert-OH is 1. The molecule has 0 atom stereocenters. The van der Waals surface area contributed by atoms with Crippen molar-refractivity contribution in [1.82, 2.24) is 4.57 Å². The second kappa shape index (κ2) is 7.84. The molecular weight excluding hydrogens is 406 g/mol. The van der Waals surface area contributed by atoms with E-state index < -0.39 is 12.5 Å². The molecule has 0 saturated carbocycles. The number of anilines is 1. The first-order valence-corrected chi connectivity index (χ1v) is 9.56. The molecule has 1 aromatic heterocycles. The van der Waals surface area contributed by atoms with Crippen molar-refractivity contribution in [2.45, 2.75) is 20.4 Å². The zero-order valence-corrected chi connectivity index (χ0v) is 17.8. The van der Waals surface area contributed by atoms with Gasteiger partial charge in [-0.3, -0.25) is 9.59 Å². The molecule has 3 aromatic rings. The Balaban J connectivity index is 2.60. The van der Waals surface area contributed by atoms with Crippen LogP contribution >= 0.6 is 11.6 Å². The van der Waals surface area contributed by atoms with Gasteiger partial charge in [0.25, 0.3) is 0 Å². The van der Waals surface area contributed by atoms with Crippen molar-refractivity contribution >= 4 is 56.3 Å². The number of pyridine rings is 1. The minimum absolute atomic E-state index is 0.0354. The van der Waals surface area contributed by atoms with E-state index in [1.54, 1.807) is 60.8 Å². The number of nitrogens with one attached hydrogen (secondary N) is 1. The number of hydrogen-bond acceptors (Lipinski definition) is 5. The molecule has 0 unspecified atom stereocenters. The fourth-order valence-electron chi connectivity index (χ4n) is 3.80. The maximum Gasteiger partial charge on any atom is 0.323 e. The van der Waals surface area contributed by atoms with Crippen molar-refractivity contribution in [3.8, 4) is 0 Å². The van der Waals surface area contributed by atoms with E-state index in [2.05, 4.69) is 0 Å². The minimum atomic E-state index is -1.08. The zero-order chi connectivity index (χ0) is 22.3. The molecule has 3 N–H and O–H groups in total. The number of benzene rings is 2. The maximum atomic E-state index is 13.2. The highest BCUT2D eigenvalue weighted by Gasteiger charge is 2.20. The molecular formula is C22H22ClN3O4. The first kappa shape index (κ1) is 21.4. The highest BCUT2D eigenvalue weighted by atomic mass is 35.5. The van der Waals surface area contributed by atoms with Gasteiger partial charge < -0.3 is 25.1 Å². The Kier molecular flexibility index (Phi) is 5.59. The minimum Gasteiger partial charge on any atom is -0.512 e. The summed E-state index contributed by atoms with van der Waals surface area (Å²) in [6.07, 6.45) is 0. The molecule has 0 bridgehead atoms. The number of aromatic nitrogens is 1. The van der Waals surface area contributed by atoms with Gasteiger partial charge in [0.05, 0.1) is 27.5 Å². The van der Waals surface area contributed by atoms with Crippen LogP contribution in [-0.4, -0.2) is 40.6 Å².